The zero-order chi connectivity index (χ0) is 21.2. The summed E-state index contributed by atoms with van der Waals surface area (Å²) in [5.74, 6) is 0.844. The van der Waals surface area contributed by atoms with Gasteiger partial charge in [0.25, 0.3) is 0 Å². The smallest absolute Gasteiger partial charge is 0.350 e. The van der Waals surface area contributed by atoms with E-state index in [1.165, 1.54) is 6.07 Å². The fraction of sp³-hybridized carbons (Fsp3) is 0.250. The molecule has 29 heavy (non-hydrogen) atoms. The van der Waals surface area contributed by atoms with Crippen molar-refractivity contribution in [3.63, 3.8) is 0 Å². The second kappa shape index (κ2) is 7.98. The predicted octanol–water partition coefficient (Wildman–Crippen LogP) is 6.27. The lowest BCUT2D eigenvalue weighted by Crippen LogP contribution is -2.27. The maximum Gasteiger partial charge on any atom is 0.416 e. The highest BCUT2D eigenvalue weighted by atomic mass is 79.9. The van der Waals surface area contributed by atoms with Gasteiger partial charge in [0.05, 0.1) is 16.9 Å². The minimum atomic E-state index is -4.41. The van der Waals surface area contributed by atoms with Crippen LogP contribution in [0.15, 0.2) is 53.3 Å². The Bertz CT molecular complexity index is 1000. The Hall–Kier alpha value is -2.68. The first-order chi connectivity index (χ1) is 13.5. The molecule has 0 aliphatic rings. The fourth-order valence-electron chi connectivity index (χ4n) is 2.50. The Labute approximate surface area is 174 Å². The summed E-state index contributed by atoms with van der Waals surface area (Å²) in [6, 6.07) is 8.78. The Kier molecular flexibility index (Phi) is 5.79. The topological polar surface area (TPSA) is 62.7 Å². The van der Waals surface area contributed by atoms with E-state index in [1.807, 2.05) is 32.9 Å². The summed E-state index contributed by atoms with van der Waals surface area (Å²) in [6.07, 6.45) is -1.09. The molecule has 0 fully saturated rings. The van der Waals surface area contributed by atoms with Gasteiger partial charge in [-0.3, -0.25) is 4.98 Å². The van der Waals surface area contributed by atoms with Crippen LogP contribution in [0.4, 0.5) is 30.6 Å². The molecular formula is C20H19BrF3N5. The number of alkyl halides is 3. The molecule has 3 rings (SSSR count). The molecule has 0 amide bonds. The lowest BCUT2D eigenvalue weighted by molar-refractivity contribution is -0.137. The first kappa shape index (κ1) is 21.0. The maximum atomic E-state index is 12.9. The van der Waals surface area contributed by atoms with E-state index in [1.54, 1.807) is 18.5 Å². The van der Waals surface area contributed by atoms with Crippen LogP contribution in [-0.2, 0) is 6.18 Å². The molecule has 1 aromatic carbocycles. The SMILES string of the molecule is CC(C)(C)Nc1nc(Nc2ccc(C(F)(F)F)cc2Br)cc(-c2ccncc2)n1. The van der Waals surface area contributed by atoms with Crippen molar-refractivity contribution in [1.82, 2.24) is 15.0 Å². The van der Waals surface area contributed by atoms with Crippen LogP contribution in [0.2, 0.25) is 0 Å². The van der Waals surface area contributed by atoms with Gasteiger partial charge in [0, 0.05) is 34.0 Å². The molecule has 0 aliphatic heterocycles. The minimum Gasteiger partial charge on any atom is -0.350 e. The molecule has 0 aliphatic carbocycles. The normalized spacial score (nSPS) is 12.0. The van der Waals surface area contributed by atoms with Gasteiger partial charge in [-0.15, -0.1) is 0 Å². The number of rotatable bonds is 4. The highest BCUT2D eigenvalue weighted by molar-refractivity contribution is 9.10. The van der Waals surface area contributed by atoms with E-state index in [0.29, 0.717) is 23.1 Å². The van der Waals surface area contributed by atoms with Crippen LogP contribution >= 0.6 is 15.9 Å². The summed E-state index contributed by atoms with van der Waals surface area (Å²) in [6.45, 7) is 5.94. The number of nitrogens with zero attached hydrogens (tertiary/aromatic N) is 3. The first-order valence-electron chi connectivity index (χ1n) is 8.73. The minimum absolute atomic E-state index is 0.275. The molecule has 2 N–H and O–H groups in total. The highest BCUT2D eigenvalue weighted by Gasteiger charge is 2.30. The number of anilines is 3. The monoisotopic (exact) mass is 465 g/mol. The number of halogens is 4. The number of benzene rings is 1. The standard InChI is InChI=1S/C20H19BrF3N5/c1-19(2,3)29-18-27-16(12-6-8-25-9-7-12)11-17(28-18)26-15-5-4-13(10-14(15)21)20(22,23)24/h4-11H,1-3H3,(H2,26,27,28,29). The van der Waals surface area contributed by atoms with Crippen molar-refractivity contribution in [3.05, 3.63) is 58.8 Å². The lowest BCUT2D eigenvalue weighted by atomic mass is 10.1. The van der Waals surface area contributed by atoms with Gasteiger partial charge in [-0.25, -0.2) is 4.98 Å². The van der Waals surface area contributed by atoms with Crippen LogP contribution in [0.25, 0.3) is 11.3 Å². The highest BCUT2D eigenvalue weighted by Crippen LogP contribution is 2.35. The number of hydrogen-bond donors (Lipinski definition) is 2. The second-order valence-electron chi connectivity index (χ2n) is 7.39. The summed E-state index contributed by atoms with van der Waals surface area (Å²) in [7, 11) is 0. The summed E-state index contributed by atoms with van der Waals surface area (Å²) in [5, 5.41) is 6.29. The van der Waals surface area contributed by atoms with E-state index in [2.05, 4.69) is 41.5 Å². The Morgan fingerprint density at radius 1 is 0.931 bits per heavy atom. The van der Waals surface area contributed by atoms with Crippen molar-refractivity contribution in [1.29, 1.82) is 0 Å². The van der Waals surface area contributed by atoms with Gasteiger partial charge in [-0.05, 0) is 67.0 Å². The van der Waals surface area contributed by atoms with Gasteiger partial charge in [0.1, 0.15) is 5.82 Å². The first-order valence-corrected chi connectivity index (χ1v) is 9.52. The molecular weight excluding hydrogens is 447 g/mol. The van der Waals surface area contributed by atoms with Gasteiger partial charge in [-0.1, -0.05) is 0 Å². The molecule has 0 atom stereocenters. The summed E-state index contributed by atoms with van der Waals surface area (Å²) in [4.78, 5) is 13.0. The largest absolute Gasteiger partial charge is 0.416 e. The molecule has 2 heterocycles. The van der Waals surface area contributed by atoms with E-state index in [4.69, 9.17) is 0 Å². The van der Waals surface area contributed by atoms with E-state index in [9.17, 15) is 13.2 Å². The molecule has 0 saturated carbocycles. The predicted molar refractivity (Wildman–Crippen MR) is 111 cm³/mol. The van der Waals surface area contributed by atoms with Crippen molar-refractivity contribution in [3.8, 4) is 11.3 Å². The quantitative estimate of drug-likeness (QED) is 0.474. The molecule has 3 aromatic rings. The van der Waals surface area contributed by atoms with Gasteiger partial charge < -0.3 is 10.6 Å². The average Bonchev–Trinajstić information content (AvgIpc) is 2.61. The number of aromatic nitrogens is 3. The molecule has 5 nitrogen and oxygen atoms in total. The molecule has 0 bridgehead atoms. The molecule has 9 heteroatoms. The summed E-state index contributed by atoms with van der Waals surface area (Å²) < 4.78 is 39.0. The van der Waals surface area contributed by atoms with Crippen LogP contribution in [0.3, 0.4) is 0 Å². The van der Waals surface area contributed by atoms with Crippen LogP contribution in [-0.4, -0.2) is 20.5 Å². The van der Waals surface area contributed by atoms with Crippen molar-refractivity contribution < 1.29 is 13.2 Å². The van der Waals surface area contributed by atoms with Crippen LogP contribution < -0.4 is 10.6 Å². The number of nitrogens with one attached hydrogen (secondary N) is 2. The number of pyridine rings is 1. The zero-order valence-corrected chi connectivity index (χ0v) is 17.6. The van der Waals surface area contributed by atoms with E-state index < -0.39 is 11.7 Å². The van der Waals surface area contributed by atoms with Crippen LogP contribution in [0, 0.1) is 0 Å². The van der Waals surface area contributed by atoms with Gasteiger partial charge in [-0.2, -0.15) is 18.2 Å². The van der Waals surface area contributed by atoms with Crippen LogP contribution in [0.5, 0.6) is 0 Å². The van der Waals surface area contributed by atoms with Crippen LogP contribution in [0.1, 0.15) is 26.3 Å². The third kappa shape index (κ3) is 5.66. The molecule has 0 unspecified atom stereocenters. The van der Waals surface area contributed by atoms with Crippen molar-refractivity contribution in [2.24, 2.45) is 0 Å². The molecule has 0 spiro atoms. The Morgan fingerprint density at radius 2 is 1.62 bits per heavy atom. The van der Waals surface area contributed by atoms with Crippen molar-refractivity contribution >= 4 is 33.4 Å². The number of hydrogen-bond acceptors (Lipinski definition) is 5. The Balaban J connectivity index is 1.99. The zero-order valence-electron chi connectivity index (χ0n) is 16.0. The summed E-state index contributed by atoms with van der Waals surface area (Å²) >= 11 is 3.20. The summed E-state index contributed by atoms with van der Waals surface area (Å²) in [5.41, 5.74) is 0.945. The van der Waals surface area contributed by atoms with Crippen molar-refractivity contribution in [2.75, 3.05) is 10.6 Å². The average molecular weight is 466 g/mol. The third-order valence-electron chi connectivity index (χ3n) is 3.75. The molecule has 0 radical (unpaired) electrons. The van der Waals surface area contributed by atoms with E-state index >= 15 is 0 Å². The maximum absolute atomic E-state index is 12.9. The van der Waals surface area contributed by atoms with Crippen molar-refractivity contribution in [2.45, 2.75) is 32.5 Å². The molecule has 0 saturated heterocycles. The van der Waals surface area contributed by atoms with Gasteiger partial charge >= 0.3 is 6.18 Å². The fourth-order valence-corrected chi connectivity index (χ4v) is 2.98. The third-order valence-corrected chi connectivity index (χ3v) is 4.40. The van der Waals surface area contributed by atoms with E-state index in [-0.39, 0.29) is 10.0 Å². The molecule has 2 aromatic heterocycles. The lowest BCUT2D eigenvalue weighted by Gasteiger charge is -2.21. The van der Waals surface area contributed by atoms with Gasteiger partial charge in [0.15, 0.2) is 0 Å². The van der Waals surface area contributed by atoms with E-state index in [0.717, 1.165) is 17.7 Å². The Morgan fingerprint density at radius 3 is 2.21 bits per heavy atom. The van der Waals surface area contributed by atoms with Gasteiger partial charge in [0.2, 0.25) is 5.95 Å². The second-order valence-corrected chi connectivity index (χ2v) is 8.24. The molecule has 152 valence electrons.